The average Bonchev–Trinajstić information content (AvgIpc) is 2.45. The summed E-state index contributed by atoms with van der Waals surface area (Å²) in [4.78, 5) is 23.8. The molecular formula is C17H20Cl2N2O3. The highest BCUT2D eigenvalue weighted by Crippen LogP contribution is 2.31. The molecule has 7 heteroatoms. The SMILES string of the molecule is CC(Oc1ccc(Cl)cc1Cl)C(=O)NN=C1CC(=O)CC(C)(C)C1. The summed E-state index contributed by atoms with van der Waals surface area (Å²) in [6.45, 7) is 5.61. The van der Waals surface area contributed by atoms with Gasteiger partial charge < -0.3 is 4.74 Å². The van der Waals surface area contributed by atoms with Crippen molar-refractivity contribution in [2.45, 2.75) is 46.1 Å². The number of nitrogens with one attached hydrogen (secondary N) is 1. The summed E-state index contributed by atoms with van der Waals surface area (Å²) in [5.74, 6) is 0.0891. The van der Waals surface area contributed by atoms with E-state index in [1.807, 2.05) is 13.8 Å². The lowest BCUT2D eigenvalue weighted by molar-refractivity contribution is -0.127. The minimum atomic E-state index is -0.791. The van der Waals surface area contributed by atoms with Crippen molar-refractivity contribution < 1.29 is 14.3 Å². The summed E-state index contributed by atoms with van der Waals surface area (Å²) in [6.07, 6.45) is 0.702. The Labute approximate surface area is 151 Å². The Hall–Kier alpha value is -1.59. The van der Waals surface area contributed by atoms with Gasteiger partial charge in [-0.2, -0.15) is 5.10 Å². The van der Waals surface area contributed by atoms with E-state index in [-0.39, 0.29) is 17.6 Å². The number of carbonyl (C=O) groups is 2. The Bertz CT molecular complexity index is 686. The lowest BCUT2D eigenvalue weighted by Gasteiger charge is -2.29. The first kappa shape index (κ1) is 18.7. The highest BCUT2D eigenvalue weighted by Gasteiger charge is 2.30. The molecule has 1 aromatic rings. The first-order valence-corrected chi connectivity index (χ1v) is 8.40. The molecule has 2 rings (SSSR count). The number of hydrogen-bond donors (Lipinski definition) is 1. The summed E-state index contributed by atoms with van der Waals surface area (Å²) in [6, 6.07) is 4.77. The van der Waals surface area contributed by atoms with E-state index in [1.165, 1.54) is 0 Å². The Morgan fingerprint density at radius 3 is 2.67 bits per heavy atom. The van der Waals surface area contributed by atoms with Crippen molar-refractivity contribution >= 4 is 40.6 Å². The Morgan fingerprint density at radius 1 is 1.33 bits per heavy atom. The van der Waals surface area contributed by atoms with Gasteiger partial charge in [-0.05, 0) is 37.0 Å². The zero-order valence-electron chi connectivity index (χ0n) is 13.9. The second-order valence-electron chi connectivity index (χ2n) is 6.72. The molecule has 1 unspecified atom stereocenters. The number of ether oxygens (including phenoxy) is 1. The predicted octanol–water partition coefficient (Wildman–Crippen LogP) is 4.01. The summed E-state index contributed by atoms with van der Waals surface area (Å²) >= 11 is 11.8. The molecule has 0 heterocycles. The molecule has 1 aliphatic carbocycles. The molecule has 1 N–H and O–H groups in total. The highest BCUT2D eigenvalue weighted by atomic mass is 35.5. The summed E-state index contributed by atoms with van der Waals surface area (Å²) < 4.78 is 5.53. The molecule has 0 aliphatic heterocycles. The number of hydrogen-bond acceptors (Lipinski definition) is 4. The molecular weight excluding hydrogens is 351 g/mol. The molecule has 1 fully saturated rings. The van der Waals surface area contributed by atoms with E-state index in [2.05, 4.69) is 10.5 Å². The van der Waals surface area contributed by atoms with Gasteiger partial charge in [0.15, 0.2) is 6.10 Å². The van der Waals surface area contributed by atoms with Crippen LogP contribution in [0.25, 0.3) is 0 Å². The van der Waals surface area contributed by atoms with Crippen molar-refractivity contribution in [2.24, 2.45) is 10.5 Å². The highest BCUT2D eigenvalue weighted by molar-refractivity contribution is 6.35. The van der Waals surface area contributed by atoms with Gasteiger partial charge in [-0.1, -0.05) is 37.0 Å². The topological polar surface area (TPSA) is 67.8 Å². The van der Waals surface area contributed by atoms with Gasteiger partial charge in [-0.15, -0.1) is 0 Å². The first-order valence-electron chi connectivity index (χ1n) is 7.65. The predicted molar refractivity (Wildman–Crippen MR) is 94.8 cm³/mol. The Kier molecular flexibility index (Phi) is 5.88. The molecule has 5 nitrogen and oxygen atoms in total. The van der Waals surface area contributed by atoms with Crippen LogP contribution < -0.4 is 10.2 Å². The quantitative estimate of drug-likeness (QED) is 0.813. The molecule has 130 valence electrons. The van der Waals surface area contributed by atoms with Crippen molar-refractivity contribution in [1.29, 1.82) is 0 Å². The van der Waals surface area contributed by atoms with Crippen LogP contribution in [0.3, 0.4) is 0 Å². The normalized spacial score (nSPS) is 19.9. The van der Waals surface area contributed by atoms with E-state index in [4.69, 9.17) is 27.9 Å². The van der Waals surface area contributed by atoms with Crippen molar-refractivity contribution in [1.82, 2.24) is 5.43 Å². The molecule has 1 amide bonds. The fourth-order valence-corrected chi connectivity index (χ4v) is 3.07. The van der Waals surface area contributed by atoms with Crippen LogP contribution in [-0.4, -0.2) is 23.5 Å². The van der Waals surface area contributed by atoms with Crippen LogP contribution in [0, 0.1) is 5.41 Å². The zero-order valence-corrected chi connectivity index (χ0v) is 15.4. The molecule has 0 radical (unpaired) electrons. The average molecular weight is 371 g/mol. The van der Waals surface area contributed by atoms with Crippen molar-refractivity contribution in [2.75, 3.05) is 0 Å². The van der Waals surface area contributed by atoms with Crippen molar-refractivity contribution in [3.63, 3.8) is 0 Å². The number of halogens is 2. The van der Waals surface area contributed by atoms with E-state index >= 15 is 0 Å². The number of benzene rings is 1. The molecule has 0 spiro atoms. The van der Waals surface area contributed by atoms with Crippen LogP contribution in [0.4, 0.5) is 0 Å². The smallest absolute Gasteiger partial charge is 0.280 e. The van der Waals surface area contributed by atoms with Crippen LogP contribution in [0.1, 0.15) is 40.0 Å². The maximum absolute atomic E-state index is 12.1. The minimum Gasteiger partial charge on any atom is -0.479 e. The summed E-state index contributed by atoms with van der Waals surface area (Å²) in [5, 5.41) is 4.90. The fraction of sp³-hybridized carbons (Fsp3) is 0.471. The van der Waals surface area contributed by atoms with Gasteiger partial charge in [0.1, 0.15) is 11.5 Å². The Balaban J connectivity index is 1.96. The third kappa shape index (κ3) is 5.21. The second-order valence-corrected chi connectivity index (χ2v) is 7.57. The Morgan fingerprint density at radius 2 is 2.04 bits per heavy atom. The number of Topliss-reactive ketones (excluding diaryl/α,β-unsaturated/α-hetero) is 1. The van der Waals surface area contributed by atoms with Gasteiger partial charge in [0.2, 0.25) is 0 Å². The number of nitrogens with zero attached hydrogens (tertiary/aromatic N) is 1. The number of hydrazone groups is 1. The second kappa shape index (κ2) is 7.53. The van der Waals surface area contributed by atoms with Gasteiger partial charge in [0, 0.05) is 23.6 Å². The van der Waals surface area contributed by atoms with E-state index in [0.29, 0.717) is 34.3 Å². The van der Waals surface area contributed by atoms with Gasteiger partial charge >= 0.3 is 0 Å². The van der Waals surface area contributed by atoms with Gasteiger partial charge in [0.25, 0.3) is 5.91 Å². The van der Waals surface area contributed by atoms with E-state index in [1.54, 1.807) is 25.1 Å². The lowest BCUT2D eigenvalue weighted by atomic mass is 9.76. The number of carbonyl (C=O) groups excluding carboxylic acids is 2. The fourth-order valence-electron chi connectivity index (χ4n) is 2.62. The molecule has 1 saturated carbocycles. The number of amides is 1. The number of rotatable bonds is 4. The van der Waals surface area contributed by atoms with E-state index in [0.717, 1.165) is 0 Å². The molecule has 24 heavy (non-hydrogen) atoms. The lowest BCUT2D eigenvalue weighted by Crippen LogP contribution is -2.36. The van der Waals surface area contributed by atoms with E-state index in [9.17, 15) is 9.59 Å². The maximum atomic E-state index is 12.1. The van der Waals surface area contributed by atoms with Crippen molar-refractivity contribution in [3.05, 3.63) is 28.2 Å². The monoisotopic (exact) mass is 370 g/mol. The van der Waals surface area contributed by atoms with Gasteiger partial charge in [-0.25, -0.2) is 5.43 Å². The third-order valence-electron chi connectivity index (χ3n) is 3.65. The van der Waals surface area contributed by atoms with Crippen LogP contribution >= 0.6 is 23.2 Å². The largest absolute Gasteiger partial charge is 0.479 e. The third-order valence-corrected chi connectivity index (χ3v) is 4.18. The van der Waals surface area contributed by atoms with Gasteiger partial charge in [-0.3, -0.25) is 9.59 Å². The van der Waals surface area contributed by atoms with Crippen LogP contribution in [0.15, 0.2) is 23.3 Å². The standard InChI is InChI=1S/C17H20Cl2N2O3/c1-10(24-15-5-4-11(18)6-14(15)19)16(23)21-20-12-7-13(22)9-17(2,3)8-12/h4-6,10H,7-9H2,1-3H3,(H,21,23). The number of ketones is 1. The molecule has 1 atom stereocenters. The van der Waals surface area contributed by atoms with E-state index < -0.39 is 12.0 Å². The first-order chi connectivity index (χ1) is 11.2. The van der Waals surface area contributed by atoms with Crippen LogP contribution in [0.5, 0.6) is 5.75 Å². The molecule has 0 aromatic heterocycles. The maximum Gasteiger partial charge on any atom is 0.280 e. The molecule has 0 bridgehead atoms. The van der Waals surface area contributed by atoms with Crippen LogP contribution in [0.2, 0.25) is 10.0 Å². The molecule has 0 saturated heterocycles. The minimum absolute atomic E-state index is 0.127. The summed E-state index contributed by atoms with van der Waals surface area (Å²) in [5.41, 5.74) is 3.02. The molecule has 1 aromatic carbocycles. The van der Waals surface area contributed by atoms with Crippen molar-refractivity contribution in [3.8, 4) is 5.75 Å². The van der Waals surface area contributed by atoms with Gasteiger partial charge in [0.05, 0.1) is 5.02 Å². The summed E-state index contributed by atoms with van der Waals surface area (Å²) in [7, 11) is 0. The molecule has 1 aliphatic rings. The van der Waals surface area contributed by atoms with Crippen LogP contribution in [-0.2, 0) is 9.59 Å². The zero-order chi connectivity index (χ0) is 17.9.